The zero-order chi connectivity index (χ0) is 31.8. The summed E-state index contributed by atoms with van der Waals surface area (Å²) in [7, 11) is 3.15. The third-order valence-corrected chi connectivity index (χ3v) is 10.5. The van der Waals surface area contributed by atoms with Crippen LogP contribution in [0, 0.1) is 0 Å². The van der Waals surface area contributed by atoms with Crippen molar-refractivity contribution >= 4 is 81.4 Å². The summed E-state index contributed by atoms with van der Waals surface area (Å²) in [5.74, 6) is 1.79. The average Bonchev–Trinajstić information content (AvgIpc) is 3.47. The molecule has 7 rings (SSSR count). The Balaban J connectivity index is 0.00000386. The van der Waals surface area contributed by atoms with E-state index in [1.165, 1.54) is 0 Å². The number of rotatable bonds is 9. The minimum atomic E-state index is -0.485. The summed E-state index contributed by atoms with van der Waals surface area (Å²) in [4.78, 5) is 23.7. The van der Waals surface area contributed by atoms with Crippen LogP contribution in [0.15, 0.2) is 59.7 Å². The van der Waals surface area contributed by atoms with E-state index < -0.39 is 7.92 Å². The topological polar surface area (TPSA) is 121 Å². The lowest BCUT2D eigenvalue weighted by Crippen LogP contribution is -2.61. The number of ether oxygens (including phenoxy) is 1. The van der Waals surface area contributed by atoms with E-state index in [-0.39, 0.29) is 12.4 Å². The summed E-state index contributed by atoms with van der Waals surface area (Å²) in [6, 6.07) is 8.92. The van der Waals surface area contributed by atoms with Crippen LogP contribution in [-0.4, -0.2) is 100 Å². The van der Waals surface area contributed by atoms with Crippen molar-refractivity contribution in [2.45, 2.75) is 6.04 Å². The van der Waals surface area contributed by atoms with Gasteiger partial charge in [-0.3, -0.25) is 19.5 Å². The molecule has 3 aromatic heterocycles. The van der Waals surface area contributed by atoms with Crippen molar-refractivity contribution in [2.75, 3.05) is 75.2 Å². The highest BCUT2D eigenvalue weighted by atomic mass is 79.9. The fourth-order valence-electron chi connectivity index (χ4n) is 6.09. The predicted octanol–water partition coefficient (Wildman–Crippen LogP) is 4.96. The van der Waals surface area contributed by atoms with Crippen LogP contribution in [0.5, 0.6) is 5.75 Å². The number of anilines is 5. The Kier molecular flexibility index (Phi) is 10.1. The van der Waals surface area contributed by atoms with Gasteiger partial charge in [0.05, 0.1) is 34.5 Å². The van der Waals surface area contributed by atoms with Crippen LogP contribution in [0.3, 0.4) is 0 Å². The second-order valence-electron chi connectivity index (χ2n) is 11.7. The summed E-state index contributed by atoms with van der Waals surface area (Å²) in [5.41, 5.74) is 6.74. The molecule has 12 nitrogen and oxygen atoms in total. The fraction of sp³-hybridized carbons (Fsp3) is 0.344. The minimum Gasteiger partial charge on any atom is -0.494 e. The maximum atomic E-state index is 5.94. The molecule has 0 spiro atoms. The number of nitrogens with zero attached hydrogens (tertiary/aromatic N) is 8. The molecule has 2 aliphatic heterocycles. The first kappa shape index (κ1) is 33.3. The van der Waals surface area contributed by atoms with Gasteiger partial charge < -0.3 is 25.6 Å². The Bertz CT molecular complexity index is 1880. The van der Waals surface area contributed by atoms with Gasteiger partial charge in [0.1, 0.15) is 11.6 Å². The quantitative estimate of drug-likeness (QED) is 0.178. The number of benzene rings is 2. The first-order chi connectivity index (χ1) is 22.4. The molecular weight excluding hydrogens is 701 g/mol. The molecule has 0 amide bonds. The standard InChI is InChI=1S/C32H37BrN11OP.ClH/c1-42-19-20(15-38-42)22-13-26(28(45-2)14-27(22)44-11-9-43(10-12-44)21-16-34-17-21)40-32-37-18-23(33)31(41-32)39-25-6-5-24-29(30(25)46(3)4)36-8-7-35-24;/h5-8,13-15,18-19,21,34H,9-12,16-17H2,1-4H3,(H2,37,39,40,41);1H. The van der Waals surface area contributed by atoms with Gasteiger partial charge in [-0.2, -0.15) is 10.1 Å². The van der Waals surface area contributed by atoms with Gasteiger partial charge in [-0.05, 0) is 47.5 Å². The van der Waals surface area contributed by atoms with Gasteiger partial charge in [0, 0.05) is 111 Å². The van der Waals surface area contributed by atoms with E-state index >= 15 is 0 Å². The molecule has 2 fully saturated rings. The molecule has 3 N–H and O–H groups in total. The zero-order valence-electron chi connectivity index (χ0n) is 26.7. The highest BCUT2D eigenvalue weighted by Gasteiger charge is 2.29. The summed E-state index contributed by atoms with van der Waals surface area (Å²) in [6.07, 6.45) is 9.17. The van der Waals surface area contributed by atoms with Gasteiger partial charge in [-0.25, -0.2) is 4.98 Å². The maximum Gasteiger partial charge on any atom is 0.229 e. The molecule has 47 heavy (non-hydrogen) atoms. The molecule has 0 radical (unpaired) electrons. The number of halogens is 2. The number of methoxy groups -OCH3 is 1. The van der Waals surface area contributed by atoms with Gasteiger partial charge in [-0.1, -0.05) is 7.92 Å². The molecule has 0 atom stereocenters. The number of piperazine rings is 1. The Morgan fingerprint density at radius 3 is 2.45 bits per heavy atom. The summed E-state index contributed by atoms with van der Waals surface area (Å²) in [5, 5.41) is 16.0. The third-order valence-electron chi connectivity index (χ3n) is 8.57. The number of aryl methyl sites for hydroxylation is 1. The van der Waals surface area contributed by atoms with Crippen molar-refractivity contribution < 1.29 is 4.74 Å². The van der Waals surface area contributed by atoms with Gasteiger partial charge in [0.2, 0.25) is 5.95 Å². The summed E-state index contributed by atoms with van der Waals surface area (Å²) in [6.45, 7) is 10.6. The molecule has 15 heteroatoms. The van der Waals surface area contributed by atoms with Crippen LogP contribution < -0.4 is 30.9 Å². The Hall–Kier alpha value is -3.61. The van der Waals surface area contributed by atoms with Crippen LogP contribution >= 0.6 is 36.3 Å². The molecule has 0 saturated carbocycles. The van der Waals surface area contributed by atoms with Crippen molar-refractivity contribution in [1.29, 1.82) is 0 Å². The third kappa shape index (κ3) is 6.86. The minimum absolute atomic E-state index is 0. The highest BCUT2D eigenvalue weighted by Crippen LogP contribution is 2.41. The maximum absolute atomic E-state index is 5.94. The molecule has 2 aliphatic rings. The van der Waals surface area contributed by atoms with E-state index in [9.17, 15) is 0 Å². The molecule has 2 saturated heterocycles. The van der Waals surface area contributed by atoms with E-state index in [2.05, 4.69) is 87.2 Å². The molecule has 5 heterocycles. The Labute approximate surface area is 290 Å². The zero-order valence-corrected chi connectivity index (χ0v) is 30.0. The van der Waals surface area contributed by atoms with Gasteiger partial charge in [0.15, 0.2) is 0 Å². The van der Waals surface area contributed by atoms with Crippen molar-refractivity contribution in [1.82, 2.24) is 39.9 Å². The Morgan fingerprint density at radius 1 is 0.979 bits per heavy atom. The lowest BCUT2D eigenvalue weighted by molar-refractivity contribution is 0.138. The van der Waals surface area contributed by atoms with Gasteiger partial charge >= 0.3 is 0 Å². The highest BCUT2D eigenvalue weighted by molar-refractivity contribution is 9.10. The number of hydrogen-bond donors (Lipinski definition) is 3. The van der Waals surface area contributed by atoms with Crippen molar-refractivity contribution in [3.05, 3.63) is 59.7 Å². The first-order valence-electron chi connectivity index (χ1n) is 15.3. The molecular formula is C32H38BrClN11OP. The van der Waals surface area contributed by atoms with E-state index in [0.29, 0.717) is 23.6 Å². The number of aromatic nitrogens is 6. The summed E-state index contributed by atoms with van der Waals surface area (Å²) >= 11 is 3.65. The normalized spacial score (nSPS) is 15.4. The smallest absolute Gasteiger partial charge is 0.229 e. The van der Waals surface area contributed by atoms with E-state index in [4.69, 9.17) is 9.72 Å². The van der Waals surface area contributed by atoms with Crippen molar-refractivity contribution in [3.63, 3.8) is 0 Å². The average molecular weight is 739 g/mol. The lowest BCUT2D eigenvalue weighted by Gasteiger charge is -2.44. The molecule has 2 aromatic carbocycles. The van der Waals surface area contributed by atoms with Crippen LogP contribution in [0.25, 0.3) is 22.2 Å². The lowest BCUT2D eigenvalue weighted by atomic mass is 10.0. The van der Waals surface area contributed by atoms with Crippen LogP contribution in [0.4, 0.5) is 28.8 Å². The molecule has 5 aromatic rings. The molecule has 0 unspecified atom stereocenters. The SMILES string of the molecule is COc1cc(N2CCN(C3CNC3)CC2)c(-c2cnn(C)c2)cc1Nc1ncc(Br)c(Nc2ccc3nccnc3c2P(C)C)n1.Cl. The van der Waals surface area contributed by atoms with Crippen LogP contribution in [-0.2, 0) is 7.05 Å². The largest absolute Gasteiger partial charge is 0.494 e. The monoisotopic (exact) mass is 737 g/mol. The number of nitrogens with one attached hydrogen (secondary N) is 3. The van der Waals surface area contributed by atoms with Gasteiger partial charge in [0.25, 0.3) is 0 Å². The van der Waals surface area contributed by atoms with E-state index in [1.807, 2.05) is 36.3 Å². The first-order valence-corrected chi connectivity index (χ1v) is 18.3. The summed E-state index contributed by atoms with van der Waals surface area (Å²) < 4.78 is 8.52. The molecule has 0 aliphatic carbocycles. The number of hydrogen-bond acceptors (Lipinski definition) is 11. The second kappa shape index (κ2) is 14.2. The molecule has 0 bridgehead atoms. The predicted molar refractivity (Wildman–Crippen MR) is 197 cm³/mol. The fourth-order valence-corrected chi connectivity index (χ4v) is 7.59. The van der Waals surface area contributed by atoms with Crippen molar-refractivity contribution in [2.24, 2.45) is 7.05 Å². The van der Waals surface area contributed by atoms with Crippen LogP contribution in [0.1, 0.15) is 0 Å². The van der Waals surface area contributed by atoms with E-state index in [1.54, 1.807) is 25.7 Å². The van der Waals surface area contributed by atoms with Crippen LogP contribution in [0.2, 0.25) is 0 Å². The molecule has 246 valence electrons. The second-order valence-corrected chi connectivity index (χ2v) is 14.8. The van der Waals surface area contributed by atoms with E-state index in [0.717, 1.165) is 88.3 Å². The van der Waals surface area contributed by atoms with Crippen molar-refractivity contribution in [3.8, 4) is 16.9 Å². The Morgan fingerprint density at radius 2 is 1.77 bits per heavy atom. The number of fused-ring (bicyclic) bond motifs is 1. The van der Waals surface area contributed by atoms with Gasteiger partial charge in [-0.15, -0.1) is 12.4 Å².